The Hall–Kier alpha value is -2.74. The van der Waals surface area contributed by atoms with E-state index in [0.717, 1.165) is 16.8 Å². The molecule has 0 bridgehead atoms. The molecule has 6 nitrogen and oxygen atoms in total. The molecule has 1 aromatic heterocycles. The minimum atomic E-state index is -3.76. The molecule has 0 saturated heterocycles. The normalized spacial score (nSPS) is 20.5. The summed E-state index contributed by atoms with van der Waals surface area (Å²) in [6.07, 6.45) is 2.78. The molecular weight excluding hydrogens is 398 g/mol. The van der Waals surface area contributed by atoms with E-state index in [2.05, 4.69) is 4.98 Å². The third kappa shape index (κ3) is 3.84. The predicted octanol–water partition coefficient (Wildman–Crippen LogP) is 3.00. The van der Waals surface area contributed by atoms with E-state index in [4.69, 9.17) is 0 Å². The first kappa shape index (κ1) is 20.5. The lowest BCUT2D eigenvalue weighted by Crippen LogP contribution is -2.48. The van der Waals surface area contributed by atoms with Gasteiger partial charge in [-0.15, -0.1) is 0 Å². The first-order chi connectivity index (χ1) is 14.4. The molecule has 0 aliphatic carbocycles. The van der Waals surface area contributed by atoms with Gasteiger partial charge in [-0.25, -0.2) is 8.42 Å². The van der Waals surface area contributed by atoms with Crippen molar-refractivity contribution < 1.29 is 13.5 Å². The second-order valence-electron chi connectivity index (χ2n) is 7.72. The van der Waals surface area contributed by atoms with Gasteiger partial charge in [0.25, 0.3) is 0 Å². The number of nitrogens with zero attached hydrogens (tertiary/aromatic N) is 3. The van der Waals surface area contributed by atoms with Crippen molar-refractivity contribution in [3.05, 3.63) is 89.7 Å². The first-order valence-electron chi connectivity index (χ1n) is 9.82. The topological polar surface area (TPSA) is 73.7 Å². The van der Waals surface area contributed by atoms with Crippen LogP contribution < -0.4 is 4.90 Å². The summed E-state index contributed by atoms with van der Waals surface area (Å²) in [5.41, 5.74) is 3.32. The van der Waals surface area contributed by atoms with Crippen LogP contribution in [0.15, 0.2) is 78.0 Å². The zero-order valence-electron chi connectivity index (χ0n) is 17.0. The average Bonchev–Trinajstić information content (AvgIpc) is 2.76. The molecule has 0 saturated carbocycles. The minimum absolute atomic E-state index is 0.172. The number of fused-ring (bicyclic) bond motifs is 1. The molecule has 1 N–H and O–H groups in total. The summed E-state index contributed by atoms with van der Waals surface area (Å²) in [6.45, 7) is 0.177. The number of hydrogen-bond acceptors (Lipinski definition) is 5. The summed E-state index contributed by atoms with van der Waals surface area (Å²) in [4.78, 5) is 6.20. The summed E-state index contributed by atoms with van der Waals surface area (Å²) in [6, 6.07) is 17.7. The fourth-order valence-electron chi connectivity index (χ4n) is 3.88. The van der Waals surface area contributed by atoms with Gasteiger partial charge in [-0.3, -0.25) is 4.98 Å². The van der Waals surface area contributed by atoms with Crippen molar-refractivity contribution in [3.8, 4) is 0 Å². The molecular formula is C23H25N3O3S. The van der Waals surface area contributed by atoms with Crippen molar-refractivity contribution in [1.29, 1.82) is 0 Å². The molecule has 0 spiro atoms. The lowest BCUT2D eigenvalue weighted by atomic mass is 9.95. The molecule has 7 heteroatoms. The fraction of sp³-hybridized carbons (Fsp3) is 0.261. The molecule has 0 fully saturated rings. The van der Waals surface area contributed by atoms with E-state index in [-0.39, 0.29) is 11.4 Å². The molecule has 4 rings (SSSR count). The fourth-order valence-corrected chi connectivity index (χ4v) is 5.74. The monoisotopic (exact) mass is 423 g/mol. The number of aliphatic hydroxyl groups is 1. The number of aromatic nitrogens is 1. The largest absolute Gasteiger partial charge is 0.387 e. The van der Waals surface area contributed by atoms with E-state index in [9.17, 15) is 13.5 Å². The standard InChI is InChI=1S/C23H25N3O3S/c1-25(2)19-9-7-17(8-10-19)15-21-23(27)20-5-3-4-6-22(20)30(28,29)26(21)16-18-11-13-24-14-12-18/h3-14,21,23,27H,15-16H2,1-2H3/t21-,23+/m1/s1. The zero-order valence-corrected chi connectivity index (χ0v) is 17.8. The van der Waals surface area contributed by atoms with Gasteiger partial charge in [-0.05, 0) is 47.9 Å². The Morgan fingerprint density at radius 1 is 0.967 bits per heavy atom. The molecule has 1 aliphatic heterocycles. The predicted molar refractivity (Wildman–Crippen MR) is 117 cm³/mol. The number of rotatable bonds is 5. The second kappa shape index (κ2) is 8.18. The third-order valence-electron chi connectivity index (χ3n) is 5.54. The van der Waals surface area contributed by atoms with Crippen LogP contribution in [0.25, 0.3) is 0 Å². The summed E-state index contributed by atoms with van der Waals surface area (Å²) >= 11 is 0. The van der Waals surface area contributed by atoms with Gasteiger partial charge in [0.1, 0.15) is 0 Å². The smallest absolute Gasteiger partial charge is 0.244 e. The second-order valence-corrected chi connectivity index (χ2v) is 9.58. The summed E-state index contributed by atoms with van der Waals surface area (Å²) < 4.78 is 28.4. The lowest BCUT2D eigenvalue weighted by molar-refractivity contribution is 0.0769. The highest BCUT2D eigenvalue weighted by molar-refractivity contribution is 7.89. The molecule has 2 aromatic carbocycles. The van der Waals surface area contributed by atoms with Gasteiger partial charge in [-0.2, -0.15) is 4.31 Å². The van der Waals surface area contributed by atoms with Gasteiger partial charge >= 0.3 is 0 Å². The Balaban J connectivity index is 1.74. The van der Waals surface area contributed by atoms with Crippen LogP contribution in [0.5, 0.6) is 0 Å². The van der Waals surface area contributed by atoms with Crippen molar-refractivity contribution in [1.82, 2.24) is 9.29 Å². The lowest BCUT2D eigenvalue weighted by Gasteiger charge is -2.39. The maximum atomic E-state index is 13.5. The highest BCUT2D eigenvalue weighted by atomic mass is 32.2. The first-order valence-corrected chi connectivity index (χ1v) is 11.3. The number of benzene rings is 2. The highest BCUT2D eigenvalue weighted by Gasteiger charge is 2.43. The Bertz CT molecular complexity index is 1120. The average molecular weight is 424 g/mol. The van der Waals surface area contributed by atoms with Crippen LogP contribution >= 0.6 is 0 Å². The zero-order chi connectivity index (χ0) is 21.3. The van der Waals surface area contributed by atoms with Crippen LogP contribution in [0.4, 0.5) is 5.69 Å². The SMILES string of the molecule is CN(C)c1ccc(C[C@@H]2[C@@H](O)c3ccccc3S(=O)(=O)N2Cc2ccncc2)cc1. The number of sulfonamides is 1. The van der Waals surface area contributed by atoms with Crippen LogP contribution in [0.3, 0.4) is 0 Å². The summed E-state index contributed by atoms with van der Waals surface area (Å²) in [5.74, 6) is 0. The van der Waals surface area contributed by atoms with Gasteiger partial charge in [0.15, 0.2) is 0 Å². The molecule has 2 heterocycles. The molecule has 0 radical (unpaired) electrons. The quantitative estimate of drug-likeness (QED) is 0.683. The number of anilines is 1. The van der Waals surface area contributed by atoms with Gasteiger partial charge in [0, 0.05) is 44.3 Å². The van der Waals surface area contributed by atoms with Crippen molar-refractivity contribution in [2.45, 2.75) is 30.0 Å². The van der Waals surface area contributed by atoms with E-state index in [1.165, 1.54) is 4.31 Å². The van der Waals surface area contributed by atoms with E-state index >= 15 is 0 Å². The number of hydrogen-bond donors (Lipinski definition) is 1. The maximum Gasteiger partial charge on any atom is 0.244 e. The molecule has 30 heavy (non-hydrogen) atoms. The van der Waals surface area contributed by atoms with E-state index < -0.39 is 22.2 Å². The van der Waals surface area contributed by atoms with E-state index in [1.807, 2.05) is 43.3 Å². The molecule has 3 aromatic rings. The Morgan fingerprint density at radius 3 is 2.30 bits per heavy atom. The van der Waals surface area contributed by atoms with Crippen LogP contribution in [0.2, 0.25) is 0 Å². The van der Waals surface area contributed by atoms with Crippen molar-refractivity contribution in [2.24, 2.45) is 0 Å². The van der Waals surface area contributed by atoms with Crippen molar-refractivity contribution >= 4 is 15.7 Å². The van der Waals surface area contributed by atoms with Crippen LogP contribution in [0.1, 0.15) is 22.8 Å². The molecule has 0 unspecified atom stereocenters. The van der Waals surface area contributed by atoms with Crippen LogP contribution in [-0.2, 0) is 23.0 Å². The van der Waals surface area contributed by atoms with Gasteiger partial charge < -0.3 is 10.0 Å². The maximum absolute atomic E-state index is 13.5. The number of pyridine rings is 1. The Morgan fingerprint density at radius 2 is 1.63 bits per heavy atom. The van der Waals surface area contributed by atoms with Crippen LogP contribution in [0, 0.1) is 0 Å². The van der Waals surface area contributed by atoms with Gasteiger partial charge in [0.05, 0.1) is 17.0 Å². The van der Waals surface area contributed by atoms with Crippen LogP contribution in [-0.4, -0.2) is 43.0 Å². The summed E-state index contributed by atoms with van der Waals surface area (Å²) in [5, 5.41) is 11.2. The minimum Gasteiger partial charge on any atom is -0.387 e. The van der Waals surface area contributed by atoms with E-state index in [0.29, 0.717) is 12.0 Å². The molecule has 2 atom stereocenters. The van der Waals surface area contributed by atoms with Crippen molar-refractivity contribution in [3.63, 3.8) is 0 Å². The third-order valence-corrected chi connectivity index (χ3v) is 7.49. The molecule has 1 aliphatic rings. The number of aliphatic hydroxyl groups excluding tert-OH is 1. The van der Waals surface area contributed by atoms with E-state index in [1.54, 1.807) is 48.8 Å². The Labute approximate surface area is 177 Å². The van der Waals surface area contributed by atoms with Gasteiger partial charge in [-0.1, -0.05) is 30.3 Å². The van der Waals surface area contributed by atoms with Crippen molar-refractivity contribution in [2.75, 3.05) is 19.0 Å². The summed E-state index contributed by atoms with van der Waals surface area (Å²) in [7, 11) is 0.184. The molecule has 0 amide bonds. The Kier molecular flexibility index (Phi) is 5.60. The van der Waals surface area contributed by atoms with Gasteiger partial charge in [0.2, 0.25) is 10.0 Å². The molecule has 156 valence electrons. The highest BCUT2D eigenvalue weighted by Crippen LogP contribution is 2.39.